The van der Waals surface area contributed by atoms with Crippen molar-refractivity contribution in [3.8, 4) is 0 Å². The summed E-state index contributed by atoms with van der Waals surface area (Å²) in [6, 6.07) is 7.44. The van der Waals surface area contributed by atoms with Gasteiger partial charge >= 0.3 is 0 Å². The van der Waals surface area contributed by atoms with Gasteiger partial charge in [-0.2, -0.15) is 0 Å². The monoisotopic (exact) mass is 226 g/mol. The van der Waals surface area contributed by atoms with E-state index in [4.69, 9.17) is 16.7 Å². The first-order chi connectivity index (χ1) is 7.16. The maximum atomic E-state index is 13.0. The quantitative estimate of drug-likeness (QED) is 0.839. The highest BCUT2D eigenvalue weighted by Gasteiger charge is 2.42. The molecule has 0 spiro atoms. The summed E-state index contributed by atoms with van der Waals surface area (Å²) < 4.78 is 13.0. The number of allylic oxidation sites excluding steroid dienone is 1. The number of hydrogen-bond donors (Lipinski definition) is 1. The van der Waals surface area contributed by atoms with Gasteiger partial charge in [0.05, 0.1) is 6.61 Å². The van der Waals surface area contributed by atoms with Crippen molar-refractivity contribution in [3.05, 3.63) is 46.8 Å². The maximum Gasteiger partial charge on any atom is 0.122 e. The Hall–Kier alpha value is -0.860. The zero-order valence-electron chi connectivity index (χ0n) is 8.21. The predicted octanol–water partition coefficient (Wildman–Crippen LogP) is 3.22. The summed E-state index contributed by atoms with van der Waals surface area (Å²) in [4.78, 5) is 0. The molecule has 1 aliphatic rings. The van der Waals surface area contributed by atoms with E-state index in [-0.39, 0.29) is 5.41 Å². The van der Waals surface area contributed by atoms with E-state index >= 15 is 0 Å². The SMILES string of the molecule is OC/C(F)=C/C1(c2ccc(Cl)cc2)CC1. The Balaban J connectivity index is 2.27. The molecule has 1 aromatic carbocycles. The smallest absolute Gasteiger partial charge is 0.122 e. The van der Waals surface area contributed by atoms with E-state index in [1.54, 1.807) is 0 Å². The van der Waals surface area contributed by atoms with Gasteiger partial charge in [0.2, 0.25) is 0 Å². The van der Waals surface area contributed by atoms with Gasteiger partial charge in [0.15, 0.2) is 0 Å². The van der Waals surface area contributed by atoms with Crippen LogP contribution in [-0.4, -0.2) is 11.7 Å². The van der Waals surface area contributed by atoms with Crippen molar-refractivity contribution >= 4 is 11.6 Å². The predicted molar refractivity (Wildman–Crippen MR) is 58.6 cm³/mol. The lowest BCUT2D eigenvalue weighted by molar-refractivity contribution is 0.296. The minimum atomic E-state index is -0.519. The van der Waals surface area contributed by atoms with Gasteiger partial charge in [-0.3, -0.25) is 0 Å². The molecular formula is C12H12ClFO. The molecule has 0 atom stereocenters. The van der Waals surface area contributed by atoms with Crippen LogP contribution in [0.15, 0.2) is 36.2 Å². The second-order valence-corrected chi connectivity index (χ2v) is 4.35. The van der Waals surface area contributed by atoms with Gasteiger partial charge in [0, 0.05) is 10.4 Å². The van der Waals surface area contributed by atoms with Crippen molar-refractivity contribution < 1.29 is 9.50 Å². The molecule has 0 radical (unpaired) electrons. The van der Waals surface area contributed by atoms with E-state index in [2.05, 4.69) is 0 Å². The lowest BCUT2D eigenvalue weighted by atomic mass is 9.95. The normalized spacial score (nSPS) is 19.0. The average Bonchev–Trinajstić information content (AvgIpc) is 3.00. The summed E-state index contributed by atoms with van der Waals surface area (Å²) in [5.74, 6) is -0.456. The van der Waals surface area contributed by atoms with Gasteiger partial charge < -0.3 is 5.11 Å². The van der Waals surface area contributed by atoms with Crippen LogP contribution in [0.3, 0.4) is 0 Å². The molecule has 1 aliphatic carbocycles. The molecule has 1 nitrogen and oxygen atoms in total. The fraction of sp³-hybridized carbons (Fsp3) is 0.333. The molecule has 0 bridgehead atoms. The third kappa shape index (κ3) is 2.21. The largest absolute Gasteiger partial charge is 0.389 e. The summed E-state index contributed by atoms with van der Waals surface area (Å²) in [7, 11) is 0. The molecule has 0 heterocycles. The van der Waals surface area contributed by atoms with Gasteiger partial charge in [-0.1, -0.05) is 23.7 Å². The molecular weight excluding hydrogens is 215 g/mol. The van der Waals surface area contributed by atoms with Gasteiger partial charge in [-0.05, 0) is 36.6 Å². The first kappa shape index (κ1) is 10.7. The Labute approximate surface area is 93.2 Å². The highest BCUT2D eigenvalue weighted by atomic mass is 35.5. The molecule has 1 saturated carbocycles. The first-order valence-corrected chi connectivity index (χ1v) is 5.28. The summed E-state index contributed by atoms with van der Waals surface area (Å²) in [6.07, 6.45) is 3.39. The van der Waals surface area contributed by atoms with Crippen LogP contribution in [0.4, 0.5) is 4.39 Å². The molecule has 2 rings (SSSR count). The van der Waals surface area contributed by atoms with Crippen molar-refractivity contribution in [2.75, 3.05) is 6.61 Å². The molecule has 80 valence electrons. The summed E-state index contributed by atoms with van der Waals surface area (Å²) in [5.41, 5.74) is 0.868. The molecule has 0 amide bonds. The van der Waals surface area contributed by atoms with Crippen LogP contribution in [0.5, 0.6) is 0 Å². The van der Waals surface area contributed by atoms with Crippen LogP contribution in [0.25, 0.3) is 0 Å². The highest BCUT2D eigenvalue weighted by Crippen LogP contribution is 2.50. The molecule has 1 N–H and O–H groups in total. The first-order valence-electron chi connectivity index (χ1n) is 4.90. The Morgan fingerprint density at radius 3 is 2.47 bits per heavy atom. The lowest BCUT2D eigenvalue weighted by Gasteiger charge is -2.10. The minimum Gasteiger partial charge on any atom is -0.389 e. The van der Waals surface area contributed by atoms with Crippen molar-refractivity contribution in [3.63, 3.8) is 0 Å². The van der Waals surface area contributed by atoms with Crippen molar-refractivity contribution in [2.45, 2.75) is 18.3 Å². The van der Waals surface area contributed by atoms with Crippen LogP contribution in [0.2, 0.25) is 5.02 Å². The van der Waals surface area contributed by atoms with Crippen molar-refractivity contribution in [2.24, 2.45) is 0 Å². The average molecular weight is 227 g/mol. The van der Waals surface area contributed by atoms with E-state index in [0.29, 0.717) is 5.02 Å². The number of aliphatic hydroxyl groups is 1. The minimum absolute atomic E-state index is 0.197. The molecule has 0 unspecified atom stereocenters. The standard InChI is InChI=1S/C12H12ClFO/c13-10-3-1-9(2-4-10)12(5-6-12)7-11(14)8-15/h1-4,7,15H,5-6,8H2/b11-7-. The highest BCUT2D eigenvalue weighted by molar-refractivity contribution is 6.30. The topological polar surface area (TPSA) is 20.2 Å². The van der Waals surface area contributed by atoms with Crippen LogP contribution in [-0.2, 0) is 5.41 Å². The number of rotatable bonds is 3. The third-order valence-corrected chi connectivity index (χ3v) is 3.04. The lowest BCUT2D eigenvalue weighted by Crippen LogP contribution is -2.03. The van der Waals surface area contributed by atoms with Crippen molar-refractivity contribution in [1.29, 1.82) is 0 Å². The Morgan fingerprint density at radius 2 is 2.00 bits per heavy atom. The molecule has 3 heteroatoms. The Bertz CT molecular complexity index is 379. The van der Waals surface area contributed by atoms with Crippen LogP contribution in [0, 0.1) is 0 Å². The van der Waals surface area contributed by atoms with E-state index in [0.717, 1.165) is 18.4 Å². The van der Waals surface area contributed by atoms with Crippen molar-refractivity contribution in [1.82, 2.24) is 0 Å². The number of aliphatic hydroxyl groups excluding tert-OH is 1. The number of benzene rings is 1. The van der Waals surface area contributed by atoms with Gasteiger partial charge in [0.1, 0.15) is 5.83 Å². The van der Waals surface area contributed by atoms with Gasteiger partial charge in [-0.25, -0.2) is 4.39 Å². The van der Waals surface area contributed by atoms with Crippen LogP contribution in [0.1, 0.15) is 18.4 Å². The molecule has 0 aliphatic heterocycles. The molecule has 0 saturated heterocycles. The van der Waals surface area contributed by atoms with Crippen LogP contribution < -0.4 is 0 Å². The fourth-order valence-electron chi connectivity index (χ4n) is 1.78. The molecule has 1 fully saturated rings. The van der Waals surface area contributed by atoms with E-state index in [1.165, 1.54) is 6.08 Å². The third-order valence-electron chi connectivity index (χ3n) is 2.79. The Kier molecular flexibility index (Phi) is 2.81. The van der Waals surface area contributed by atoms with E-state index < -0.39 is 12.4 Å². The maximum absolute atomic E-state index is 13.0. The van der Waals surface area contributed by atoms with Gasteiger partial charge in [0.25, 0.3) is 0 Å². The molecule has 1 aromatic rings. The number of halogens is 2. The van der Waals surface area contributed by atoms with Crippen LogP contribution >= 0.6 is 11.6 Å². The summed E-state index contributed by atoms with van der Waals surface area (Å²) in [5, 5.41) is 9.33. The second-order valence-electron chi connectivity index (χ2n) is 3.91. The fourth-order valence-corrected chi connectivity index (χ4v) is 1.90. The molecule has 0 aromatic heterocycles. The number of hydrogen-bond acceptors (Lipinski definition) is 1. The van der Waals surface area contributed by atoms with Gasteiger partial charge in [-0.15, -0.1) is 0 Å². The second kappa shape index (κ2) is 3.95. The van der Waals surface area contributed by atoms with E-state index in [1.807, 2.05) is 24.3 Å². The van der Waals surface area contributed by atoms with E-state index in [9.17, 15) is 4.39 Å². The summed E-state index contributed by atoms with van der Waals surface area (Å²) >= 11 is 5.79. The zero-order chi connectivity index (χ0) is 10.9. The zero-order valence-corrected chi connectivity index (χ0v) is 8.97. The Morgan fingerprint density at radius 1 is 1.40 bits per heavy atom. The molecule has 15 heavy (non-hydrogen) atoms. The summed E-state index contributed by atoms with van der Waals surface area (Å²) in [6.45, 7) is -0.519.